The highest BCUT2D eigenvalue weighted by atomic mass is 19.2. The Morgan fingerprint density at radius 2 is 1.87 bits per heavy atom. The van der Waals surface area contributed by atoms with Crippen LogP contribution in [0.25, 0.3) is 0 Å². The number of likely N-dealkylation sites (tertiary alicyclic amines) is 1. The van der Waals surface area contributed by atoms with E-state index in [2.05, 4.69) is 17.0 Å². The lowest BCUT2D eigenvalue weighted by Crippen LogP contribution is -2.48. The molecule has 122 valence electrons. The van der Waals surface area contributed by atoms with Crippen molar-refractivity contribution >= 4 is 0 Å². The van der Waals surface area contributed by atoms with Crippen LogP contribution >= 0.6 is 0 Å². The second kappa shape index (κ2) is 6.38. The van der Waals surface area contributed by atoms with Crippen molar-refractivity contribution in [2.75, 3.05) is 13.1 Å². The average molecular weight is 317 g/mol. The first-order valence-electron chi connectivity index (χ1n) is 7.93. The van der Waals surface area contributed by atoms with E-state index in [1.54, 1.807) is 0 Å². The first-order valence-corrected chi connectivity index (χ1v) is 7.93. The van der Waals surface area contributed by atoms with Gasteiger partial charge in [0.25, 0.3) is 0 Å². The van der Waals surface area contributed by atoms with Crippen molar-refractivity contribution in [1.29, 1.82) is 0 Å². The smallest absolute Gasteiger partial charge is 0.159 e. The number of hydrogen-bond donors (Lipinski definition) is 1. The minimum atomic E-state index is -1.11. The van der Waals surface area contributed by atoms with Gasteiger partial charge in [-0.3, -0.25) is 4.90 Å². The molecule has 0 amide bonds. The summed E-state index contributed by atoms with van der Waals surface area (Å²) in [5, 5.41) is 11.0. The molecule has 0 bridgehead atoms. The summed E-state index contributed by atoms with van der Waals surface area (Å²) in [7, 11) is 0. The normalized spacial score (nSPS) is 25.5. The van der Waals surface area contributed by atoms with Gasteiger partial charge in [0, 0.05) is 25.6 Å². The van der Waals surface area contributed by atoms with Crippen LogP contribution in [0.2, 0.25) is 0 Å². The van der Waals surface area contributed by atoms with Gasteiger partial charge in [0.15, 0.2) is 11.6 Å². The maximum atomic E-state index is 13.5. The Hall–Kier alpha value is -1.78. The molecule has 1 N–H and O–H groups in total. The molecular formula is C19H21F2NO. The molecule has 0 spiro atoms. The molecular weight excluding hydrogens is 296 g/mol. The quantitative estimate of drug-likeness (QED) is 0.933. The van der Waals surface area contributed by atoms with Crippen molar-refractivity contribution in [2.45, 2.75) is 25.5 Å². The predicted molar refractivity (Wildman–Crippen MR) is 85.8 cm³/mol. The highest BCUT2D eigenvalue weighted by Gasteiger charge is 2.40. The van der Waals surface area contributed by atoms with Gasteiger partial charge in [-0.2, -0.15) is 0 Å². The monoisotopic (exact) mass is 317 g/mol. The van der Waals surface area contributed by atoms with Crippen molar-refractivity contribution in [3.8, 4) is 0 Å². The Kier molecular flexibility index (Phi) is 4.46. The van der Waals surface area contributed by atoms with Crippen LogP contribution in [0.4, 0.5) is 8.78 Å². The molecule has 0 radical (unpaired) electrons. The summed E-state index contributed by atoms with van der Waals surface area (Å²) in [4.78, 5) is 2.29. The van der Waals surface area contributed by atoms with Gasteiger partial charge in [-0.05, 0) is 29.7 Å². The molecule has 1 aliphatic rings. The van der Waals surface area contributed by atoms with Gasteiger partial charge < -0.3 is 5.11 Å². The van der Waals surface area contributed by atoms with E-state index in [1.807, 2.05) is 25.1 Å². The van der Waals surface area contributed by atoms with Crippen LogP contribution in [-0.2, 0) is 12.1 Å². The first kappa shape index (κ1) is 16.1. The number of aliphatic hydroxyl groups is 1. The van der Waals surface area contributed by atoms with Crippen molar-refractivity contribution in [2.24, 2.45) is 5.92 Å². The van der Waals surface area contributed by atoms with E-state index in [-0.39, 0.29) is 5.92 Å². The highest BCUT2D eigenvalue weighted by Crippen LogP contribution is 2.38. The van der Waals surface area contributed by atoms with Gasteiger partial charge in [0.1, 0.15) is 0 Å². The molecule has 2 nitrogen and oxygen atoms in total. The first-order chi connectivity index (χ1) is 11.0. The van der Waals surface area contributed by atoms with Crippen molar-refractivity contribution in [3.05, 3.63) is 71.3 Å². The van der Waals surface area contributed by atoms with E-state index in [4.69, 9.17) is 0 Å². The summed E-state index contributed by atoms with van der Waals surface area (Å²) in [5.74, 6) is -1.86. The molecule has 2 aromatic carbocycles. The minimum Gasteiger partial charge on any atom is -0.385 e. The Morgan fingerprint density at radius 1 is 1.13 bits per heavy atom. The molecule has 1 heterocycles. The van der Waals surface area contributed by atoms with Gasteiger partial charge in [0.05, 0.1) is 5.60 Å². The summed E-state index contributed by atoms with van der Waals surface area (Å²) in [5.41, 5.74) is 0.586. The zero-order valence-electron chi connectivity index (χ0n) is 13.2. The molecule has 0 aromatic heterocycles. The molecule has 0 aliphatic carbocycles. The lowest BCUT2D eigenvalue weighted by atomic mass is 9.77. The average Bonchev–Trinajstić information content (AvgIpc) is 2.55. The fourth-order valence-electron chi connectivity index (χ4n) is 3.38. The molecule has 2 aromatic rings. The Bertz CT molecular complexity index is 676. The topological polar surface area (TPSA) is 23.5 Å². The van der Waals surface area contributed by atoms with E-state index >= 15 is 0 Å². The fraction of sp³-hybridized carbons (Fsp3) is 0.368. The fourth-order valence-corrected chi connectivity index (χ4v) is 3.38. The predicted octanol–water partition coefficient (Wildman–Crippen LogP) is 3.69. The summed E-state index contributed by atoms with van der Waals surface area (Å²) in [6.07, 6.45) is 0.506. The van der Waals surface area contributed by atoms with Crippen molar-refractivity contribution < 1.29 is 13.9 Å². The molecule has 4 heteroatoms. The number of benzene rings is 2. The third-order valence-electron chi connectivity index (χ3n) is 4.82. The van der Waals surface area contributed by atoms with E-state index in [0.717, 1.165) is 18.7 Å². The molecule has 23 heavy (non-hydrogen) atoms. The molecule has 2 unspecified atom stereocenters. The van der Waals surface area contributed by atoms with Gasteiger partial charge >= 0.3 is 0 Å². The van der Waals surface area contributed by atoms with Gasteiger partial charge in [-0.15, -0.1) is 0 Å². The van der Waals surface area contributed by atoms with Crippen LogP contribution in [0.5, 0.6) is 0 Å². The van der Waals surface area contributed by atoms with Crippen molar-refractivity contribution in [1.82, 2.24) is 4.90 Å². The lowest BCUT2D eigenvalue weighted by Gasteiger charge is -2.43. The Labute approximate surface area is 135 Å². The molecule has 1 aliphatic heterocycles. The molecule has 3 rings (SSSR count). The van der Waals surface area contributed by atoms with E-state index in [0.29, 0.717) is 25.1 Å². The molecule has 1 fully saturated rings. The second-order valence-electron chi connectivity index (χ2n) is 6.42. The van der Waals surface area contributed by atoms with Gasteiger partial charge in [-0.25, -0.2) is 8.78 Å². The molecule has 2 atom stereocenters. The van der Waals surface area contributed by atoms with E-state index < -0.39 is 17.2 Å². The van der Waals surface area contributed by atoms with Crippen LogP contribution in [0.1, 0.15) is 24.5 Å². The third kappa shape index (κ3) is 3.28. The van der Waals surface area contributed by atoms with Crippen LogP contribution in [-0.4, -0.2) is 23.1 Å². The summed E-state index contributed by atoms with van der Waals surface area (Å²) >= 11 is 0. The molecule has 1 saturated heterocycles. The maximum absolute atomic E-state index is 13.5. The van der Waals surface area contributed by atoms with Crippen LogP contribution in [0.15, 0.2) is 48.5 Å². The summed E-state index contributed by atoms with van der Waals surface area (Å²) in [6.45, 7) is 4.22. The number of hydrogen-bond acceptors (Lipinski definition) is 2. The van der Waals surface area contributed by atoms with Crippen LogP contribution < -0.4 is 0 Å². The van der Waals surface area contributed by atoms with E-state index in [9.17, 15) is 13.9 Å². The molecule has 0 saturated carbocycles. The van der Waals surface area contributed by atoms with Crippen LogP contribution in [0.3, 0.4) is 0 Å². The number of rotatable bonds is 3. The number of piperidine rings is 1. The zero-order chi connectivity index (χ0) is 16.4. The summed E-state index contributed by atoms with van der Waals surface area (Å²) in [6, 6.07) is 13.9. The number of nitrogens with zero attached hydrogens (tertiary/aromatic N) is 1. The van der Waals surface area contributed by atoms with Crippen molar-refractivity contribution in [3.63, 3.8) is 0 Å². The summed E-state index contributed by atoms with van der Waals surface area (Å²) < 4.78 is 26.6. The minimum absolute atomic E-state index is 0.0650. The van der Waals surface area contributed by atoms with Crippen LogP contribution in [0, 0.1) is 17.6 Å². The number of halogens is 2. The highest BCUT2D eigenvalue weighted by molar-refractivity contribution is 5.26. The standard InChI is InChI=1S/C19H21F2NO/c1-14-12-22(13-15-5-3-2-4-6-15)10-9-19(14,23)16-7-8-17(20)18(21)11-16/h2-8,11,14,23H,9-10,12-13H2,1H3. The van der Waals surface area contributed by atoms with Gasteiger partial charge in [-0.1, -0.05) is 43.3 Å². The lowest BCUT2D eigenvalue weighted by molar-refractivity contribution is -0.0730. The maximum Gasteiger partial charge on any atom is 0.159 e. The largest absolute Gasteiger partial charge is 0.385 e. The van der Waals surface area contributed by atoms with E-state index in [1.165, 1.54) is 11.6 Å². The van der Waals surface area contributed by atoms with Gasteiger partial charge in [0.2, 0.25) is 0 Å². The zero-order valence-corrected chi connectivity index (χ0v) is 13.2. The third-order valence-corrected chi connectivity index (χ3v) is 4.82. The second-order valence-corrected chi connectivity index (χ2v) is 6.42. The Morgan fingerprint density at radius 3 is 2.52 bits per heavy atom. The Balaban J connectivity index is 1.73. The SMILES string of the molecule is CC1CN(Cc2ccccc2)CCC1(O)c1ccc(F)c(F)c1.